The molecule has 0 radical (unpaired) electrons. The van der Waals surface area contributed by atoms with E-state index in [1.165, 1.54) is 0 Å². The summed E-state index contributed by atoms with van der Waals surface area (Å²) in [4.78, 5) is 33.5. The Hall–Kier alpha value is -1.59. The van der Waals surface area contributed by atoms with Crippen molar-refractivity contribution in [2.45, 2.75) is 52.0 Å². The van der Waals surface area contributed by atoms with Gasteiger partial charge in [0.05, 0.1) is 0 Å². The molecule has 0 saturated heterocycles. The third-order valence-corrected chi connectivity index (χ3v) is 3.53. The molecule has 0 spiro atoms. The highest BCUT2D eigenvalue weighted by atomic mass is 16.4. The van der Waals surface area contributed by atoms with Gasteiger partial charge in [-0.05, 0) is 32.1 Å². The Bertz CT molecular complexity index is 370. The number of amides is 2. The van der Waals surface area contributed by atoms with E-state index >= 15 is 0 Å². The summed E-state index contributed by atoms with van der Waals surface area (Å²) in [5.74, 6) is -0.289. The van der Waals surface area contributed by atoms with Gasteiger partial charge in [-0.25, -0.2) is 0 Å². The van der Waals surface area contributed by atoms with Gasteiger partial charge in [0.2, 0.25) is 11.8 Å². The van der Waals surface area contributed by atoms with Crippen LogP contribution in [0.15, 0.2) is 0 Å². The Morgan fingerprint density at radius 3 is 2.50 bits per heavy atom. The minimum Gasteiger partial charge on any atom is -0.481 e. The van der Waals surface area contributed by atoms with Gasteiger partial charge in [-0.3, -0.25) is 14.4 Å². The lowest BCUT2D eigenvalue weighted by molar-refractivity contribution is -0.137. The number of rotatable bonds is 9. The summed E-state index contributed by atoms with van der Waals surface area (Å²) in [6.07, 6.45) is 2.52. The molecular formula is C14H24N2O4. The van der Waals surface area contributed by atoms with E-state index in [0.29, 0.717) is 25.3 Å². The summed E-state index contributed by atoms with van der Waals surface area (Å²) in [6, 6.07) is -0.0407. The van der Waals surface area contributed by atoms with E-state index in [0.717, 1.165) is 6.42 Å². The van der Waals surface area contributed by atoms with E-state index < -0.39 is 5.97 Å². The molecule has 0 aromatic rings. The van der Waals surface area contributed by atoms with Crippen molar-refractivity contribution in [2.75, 3.05) is 6.54 Å². The third kappa shape index (κ3) is 6.54. The summed E-state index contributed by atoms with van der Waals surface area (Å²) < 4.78 is 0. The molecule has 0 aromatic carbocycles. The van der Waals surface area contributed by atoms with Gasteiger partial charge in [-0.2, -0.15) is 0 Å². The van der Waals surface area contributed by atoms with Crippen LogP contribution in [0.3, 0.4) is 0 Å². The Morgan fingerprint density at radius 2 is 1.95 bits per heavy atom. The first-order valence-electron chi connectivity index (χ1n) is 7.19. The second kappa shape index (κ2) is 7.87. The highest BCUT2D eigenvalue weighted by Crippen LogP contribution is 2.37. The monoisotopic (exact) mass is 284 g/mol. The number of carbonyl (C=O) groups excluding carboxylic acids is 2. The molecule has 3 atom stereocenters. The van der Waals surface area contributed by atoms with Crippen LogP contribution in [0.25, 0.3) is 0 Å². The first kappa shape index (κ1) is 16.5. The molecule has 3 unspecified atom stereocenters. The zero-order chi connectivity index (χ0) is 15.1. The molecule has 1 aliphatic carbocycles. The topological polar surface area (TPSA) is 95.5 Å². The molecule has 1 saturated carbocycles. The molecule has 1 rings (SSSR count). The second-order valence-corrected chi connectivity index (χ2v) is 5.62. The van der Waals surface area contributed by atoms with Crippen molar-refractivity contribution >= 4 is 17.8 Å². The fourth-order valence-electron chi connectivity index (χ4n) is 2.10. The van der Waals surface area contributed by atoms with Crippen molar-refractivity contribution < 1.29 is 19.5 Å². The van der Waals surface area contributed by atoms with Gasteiger partial charge in [-0.1, -0.05) is 6.92 Å². The van der Waals surface area contributed by atoms with Gasteiger partial charge in [0.1, 0.15) is 0 Å². The smallest absolute Gasteiger partial charge is 0.303 e. The Kier molecular flexibility index (Phi) is 6.48. The van der Waals surface area contributed by atoms with Crippen LogP contribution in [0.5, 0.6) is 0 Å². The van der Waals surface area contributed by atoms with Gasteiger partial charge in [-0.15, -0.1) is 0 Å². The van der Waals surface area contributed by atoms with Crippen LogP contribution in [0.4, 0.5) is 0 Å². The number of carboxylic acids is 1. The van der Waals surface area contributed by atoms with Gasteiger partial charge in [0, 0.05) is 31.3 Å². The fraction of sp³-hybridized carbons (Fsp3) is 0.786. The Morgan fingerprint density at radius 1 is 1.30 bits per heavy atom. The number of hydrogen-bond acceptors (Lipinski definition) is 3. The van der Waals surface area contributed by atoms with E-state index in [-0.39, 0.29) is 36.6 Å². The van der Waals surface area contributed by atoms with Crippen LogP contribution in [0.2, 0.25) is 0 Å². The van der Waals surface area contributed by atoms with Crippen LogP contribution in [-0.2, 0) is 14.4 Å². The molecule has 1 fully saturated rings. The number of nitrogens with one attached hydrogen (secondary N) is 2. The van der Waals surface area contributed by atoms with Crippen LogP contribution < -0.4 is 10.6 Å². The SMILES string of the molecule is CC(CCCC(=O)O)NC(=O)CCNC(=O)C1CC1C. The zero-order valence-electron chi connectivity index (χ0n) is 12.1. The molecule has 6 heteroatoms. The molecule has 0 aromatic heterocycles. The van der Waals surface area contributed by atoms with Crippen LogP contribution >= 0.6 is 0 Å². The van der Waals surface area contributed by atoms with E-state index in [9.17, 15) is 14.4 Å². The first-order valence-corrected chi connectivity index (χ1v) is 7.19. The lowest BCUT2D eigenvalue weighted by Crippen LogP contribution is -2.36. The quantitative estimate of drug-likeness (QED) is 0.586. The Balaban J connectivity index is 2.04. The van der Waals surface area contributed by atoms with Crippen molar-refractivity contribution in [3.63, 3.8) is 0 Å². The van der Waals surface area contributed by atoms with Gasteiger partial charge >= 0.3 is 5.97 Å². The average Bonchev–Trinajstić information content (AvgIpc) is 3.05. The molecular weight excluding hydrogens is 260 g/mol. The van der Waals surface area contributed by atoms with Crippen LogP contribution in [-0.4, -0.2) is 35.5 Å². The summed E-state index contributed by atoms with van der Waals surface area (Å²) in [6.45, 7) is 4.25. The summed E-state index contributed by atoms with van der Waals surface area (Å²) in [7, 11) is 0. The summed E-state index contributed by atoms with van der Waals surface area (Å²) in [5.41, 5.74) is 0. The van der Waals surface area contributed by atoms with Crippen molar-refractivity contribution in [3.05, 3.63) is 0 Å². The minimum absolute atomic E-state index is 0.0407. The van der Waals surface area contributed by atoms with Gasteiger partial charge in [0.25, 0.3) is 0 Å². The molecule has 3 N–H and O–H groups in total. The van der Waals surface area contributed by atoms with Crippen molar-refractivity contribution in [3.8, 4) is 0 Å². The molecule has 0 heterocycles. The largest absolute Gasteiger partial charge is 0.481 e. The van der Waals surface area contributed by atoms with Crippen molar-refractivity contribution in [1.82, 2.24) is 10.6 Å². The number of carbonyl (C=O) groups is 3. The summed E-state index contributed by atoms with van der Waals surface area (Å²) in [5, 5.41) is 14.1. The highest BCUT2D eigenvalue weighted by molar-refractivity contribution is 5.82. The molecule has 2 amide bonds. The van der Waals surface area contributed by atoms with E-state index in [1.54, 1.807) is 0 Å². The predicted octanol–water partition coefficient (Wildman–Crippen LogP) is 0.908. The van der Waals surface area contributed by atoms with Crippen molar-refractivity contribution in [2.24, 2.45) is 11.8 Å². The predicted molar refractivity (Wildman–Crippen MR) is 74.0 cm³/mol. The zero-order valence-corrected chi connectivity index (χ0v) is 12.1. The maximum Gasteiger partial charge on any atom is 0.303 e. The molecule has 6 nitrogen and oxygen atoms in total. The highest BCUT2D eigenvalue weighted by Gasteiger charge is 2.38. The van der Waals surface area contributed by atoms with E-state index in [1.807, 2.05) is 13.8 Å². The first-order chi connectivity index (χ1) is 9.40. The maximum atomic E-state index is 11.6. The number of hydrogen-bond donors (Lipinski definition) is 3. The molecule has 0 bridgehead atoms. The normalized spacial score (nSPS) is 21.9. The van der Waals surface area contributed by atoms with Crippen LogP contribution in [0, 0.1) is 11.8 Å². The second-order valence-electron chi connectivity index (χ2n) is 5.62. The lowest BCUT2D eigenvalue weighted by atomic mass is 10.1. The van der Waals surface area contributed by atoms with E-state index in [4.69, 9.17) is 5.11 Å². The van der Waals surface area contributed by atoms with Crippen molar-refractivity contribution in [1.29, 1.82) is 0 Å². The molecule has 1 aliphatic rings. The molecule has 20 heavy (non-hydrogen) atoms. The van der Waals surface area contributed by atoms with Gasteiger partial charge < -0.3 is 15.7 Å². The van der Waals surface area contributed by atoms with Gasteiger partial charge in [0.15, 0.2) is 0 Å². The van der Waals surface area contributed by atoms with E-state index in [2.05, 4.69) is 10.6 Å². The molecule has 114 valence electrons. The summed E-state index contributed by atoms with van der Waals surface area (Å²) >= 11 is 0. The molecule has 0 aliphatic heterocycles. The average molecular weight is 284 g/mol. The minimum atomic E-state index is -0.819. The lowest BCUT2D eigenvalue weighted by Gasteiger charge is -2.13. The number of carboxylic acid groups (broad SMARTS) is 1. The third-order valence-electron chi connectivity index (χ3n) is 3.53. The Labute approximate surface area is 119 Å². The fourth-order valence-corrected chi connectivity index (χ4v) is 2.10. The number of aliphatic carboxylic acids is 1. The maximum absolute atomic E-state index is 11.6. The standard InChI is InChI=1S/C14H24N2O4/c1-9-8-11(9)14(20)15-7-6-12(17)16-10(2)4-3-5-13(18)19/h9-11H,3-8H2,1-2H3,(H,15,20)(H,16,17)(H,18,19). The van der Waals surface area contributed by atoms with Crippen LogP contribution in [0.1, 0.15) is 46.0 Å².